The van der Waals surface area contributed by atoms with Crippen molar-refractivity contribution >= 4 is 0 Å². The Balaban J connectivity index is 0.00000948. The van der Waals surface area contributed by atoms with Crippen LogP contribution in [0.25, 0.3) is 84.6 Å². The molecule has 7 heteroatoms. The second-order valence-corrected chi connectivity index (χ2v) is 28.8. The molecule has 0 fully saturated rings. The second-order valence-electron chi connectivity index (χ2n) is 28.8. The van der Waals surface area contributed by atoms with Gasteiger partial charge in [-0.1, -0.05) is 248 Å². The second kappa shape index (κ2) is 31.4. The van der Waals surface area contributed by atoms with Crippen LogP contribution in [-0.4, -0.2) is 28.7 Å². The van der Waals surface area contributed by atoms with E-state index in [0.29, 0.717) is 17.8 Å². The minimum atomic E-state index is 0. The molecule has 0 aliphatic carbocycles. The van der Waals surface area contributed by atoms with Crippen molar-refractivity contribution in [2.24, 2.45) is 0 Å². The van der Waals surface area contributed by atoms with E-state index in [0.717, 1.165) is 72.7 Å². The van der Waals surface area contributed by atoms with Gasteiger partial charge in [0.15, 0.2) is 0 Å². The number of nitrogens with zero attached hydrogens (tertiary/aromatic N) is 6. The van der Waals surface area contributed by atoms with Crippen LogP contribution in [0.5, 0.6) is 0 Å². The zero-order valence-electron chi connectivity index (χ0n) is 60.2. The number of aromatic nitrogens is 6. The zero-order chi connectivity index (χ0) is 68.8. The number of rotatable bonds is 24. The summed E-state index contributed by atoms with van der Waals surface area (Å²) in [5.41, 5.74) is 29.8. The maximum atomic E-state index is 5.02. The SMILES string of the molecule is CC(C)c1ccc(-c2ccccc2)c(C(C)C)c1-n1ccnc1-c1[c-]cc(CCc2cc(CCc3c[c-]c(-c4nccn4-c4c(C(C)C)ccc(-c5ccccc5)c4C(C)C)cc3)cc(CCc3c[c-]c(-c4nccn4-c4c(C(C)C)ccc(-c5ccccc5)c4C(C)C)cc3)c2)cc1.[Ir+3]. The van der Waals surface area contributed by atoms with Crippen LogP contribution < -0.4 is 0 Å². The van der Waals surface area contributed by atoms with E-state index < -0.39 is 0 Å². The number of aryl methyl sites for hydroxylation is 6. The minimum Gasteiger partial charge on any atom is -0.339 e. The summed E-state index contributed by atoms with van der Waals surface area (Å²) in [5, 5.41) is 0. The van der Waals surface area contributed by atoms with E-state index >= 15 is 0 Å². The monoisotopic (exact) mass is 1490 g/mol. The molecule has 13 aromatic rings. The Hall–Kier alpha value is -9.52. The Morgan fingerprint density at radius 3 is 0.780 bits per heavy atom. The van der Waals surface area contributed by atoms with E-state index in [1.165, 1.54) is 117 Å². The molecular formula is C93H93IrN6. The molecule has 0 N–H and O–H groups in total. The molecule has 504 valence electrons. The van der Waals surface area contributed by atoms with Gasteiger partial charge in [0, 0.05) is 54.2 Å². The fourth-order valence-corrected chi connectivity index (χ4v) is 14.9. The third-order valence-corrected chi connectivity index (χ3v) is 19.8. The summed E-state index contributed by atoms with van der Waals surface area (Å²) in [6.07, 6.45) is 17.6. The van der Waals surface area contributed by atoms with Gasteiger partial charge in [-0.3, -0.25) is 15.0 Å². The van der Waals surface area contributed by atoms with Gasteiger partial charge in [0.2, 0.25) is 0 Å². The van der Waals surface area contributed by atoms with Gasteiger partial charge < -0.3 is 13.7 Å². The van der Waals surface area contributed by atoms with Gasteiger partial charge in [0.25, 0.3) is 0 Å². The fraction of sp³-hybridized carbons (Fsp3) is 0.258. The summed E-state index contributed by atoms with van der Waals surface area (Å²) in [6, 6.07) is 84.9. The van der Waals surface area contributed by atoms with Crippen LogP contribution in [0.1, 0.15) is 185 Å². The van der Waals surface area contributed by atoms with Crippen LogP contribution in [0.3, 0.4) is 0 Å². The van der Waals surface area contributed by atoms with E-state index in [2.05, 4.69) is 334 Å². The van der Waals surface area contributed by atoms with E-state index in [1.54, 1.807) is 0 Å². The molecule has 3 heterocycles. The molecule has 0 spiro atoms. The Kier molecular flexibility index (Phi) is 22.1. The molecular weight excluding hydrogens is 1390 g/mol. The first kappa shape index (κ1) is 70.3. The van der Waals surface area contributed by atoms with Crippen molar-refractivity contribution in [1.29, 1.82) is 0 Å². The number of benzene rings is 10. The summed E-state index contributed by atoms with van der Waals surface area (Å²) in [5.74, 6) is 4.53. The number of imidazole rings is 3. The van der Waals surface area contributed by atoms with Gasteiger partial charge in [-0.2, -0.15) is 0 Å². The normalized spacial score (nSPS) is 11.7. The molecule has 13 rings (SSSR count). The Morgan fingerprint density at radius 2 is 0.550 bits per heavy atom. The molecule has 0 aliphatic heterocycles. The summed E-state index contributed by atoms with van der Waals surface area (Å²) in [7, 11) is 0. The third kappa shape index (κ3) is 15.0. The first-order chi connectivity index (χ1) is 48.1. The first-order valence-corrected chi connectivity index (χ1v) is 36.0. The number of hydrogen-bond acceptors (Lipinski definition) is 3. The average Bonchev–Trinajstić information content (AvgIpc) is 1.53. The molecule has 0 unspecified atom stereocenters. The summed E-state index contributed by atoms with van der Waals surface area (Å²) in [6.45, 7) is 27.6. The first-order valence-electron chi connectivity index (χ1n) is 36.0. The molecule has 100 heavy (non-hydrogen) atoms. The summed E-state index contributed by atoms with van der Waals surface area (Å²) in [4.78, 5) is 15.1. The fourth-order valence-electron chi connectivity index (χ4n) is 14.9. The van der Waals surface area contributed by atoms with Gasteiger partial charge in [0.05, 0.1) is 17.5 Å². The molecule has 0 amide bonds. The van der Waals surface area contributed by atoms with Crippen LogP contribution in [0.15, 0.2) is 237 Å². The van der Waals surface area contributed by atoms with Crippen molar-refractivity contribution in [3.8, 4) is 84.6 Å². The van der Waals surface area contributed by atoms with Crippen molar-refractivity contribution in [2.45, 2.75) is 157 Å². The molecule has 0 atom stereocenters. The third-order valence-electron chi connectivity index (χ3n) is 19.8. The van der Waals surface area contributed by atoms with E-state index in [1.807, 2.05) is 18.6 Å². The molecule has 0 radical (unpaired) electrons. The van der Waals surface area contributed by atoms with Crippen LogP contribution in [0.4, 0.5) is 0 Å². The standard InChI is InChI=1S/C93H93N6.Ir/c1-61(2)79-46-49-82(73-22-16-13-17-23-73)85(64(7)8)88(79)97-55-52-94-91(97)76-40-34-67(35-41-76)28-31-70-58-71(32-29-68-36-42-77(43-37-68)92-95-53-56-98(92)89-80(62(3)4)47-50-83(86(89)65(9)10)74-24-18-14-19-25-74)60-72(59-70)33-30-69-38-44-78(45-39-69)93-96-54-57-99(93)90-81(63(5)6)48-51-84(87(90)66(11)12)75-26-20-15-21-27-75;/h13-27,34-40,42,44,46-66H,28-33H2,1-12H3;/q-3;+3. The van der Waals surface area contributed by atoms with Crippen molar-refractivity contribution in [1.82, 2.24) is 28.7 Å². The zero-order valence-corrected chi connectivity index (χ0v) is 62.6. The van der Waals surface area contributed by atoms with E-state index in [9.17, 15) is 0 Å². The molecule has 0 saturated heterocycles. The predicted octanol–water partition coefficient (Wildman–Crippen LogP) is 23.7. The smallest absolute Gasteiger partial charge is 0.339 e. The van der Waals surface area contributed by atoms with Gasteiger partial charge in [-0.25, -0.2) is 0 Å². The maximum Gasteiger partial charge on any atom is 3.00 e. The molecule has 0 saturated carbocycles. The van der Waals surface area contributed by atoms with Gasteiger partial charge >= 0.3 is 20.1 Å². The summed E-state index contributed by atoms with van der Waals surface area (Å²) < 4.78 is 6.94. The average molecular weight is 1490 g/mol. The van der Waals surface area contributed by atoms with Crippen LogP contribution in [0, 0.1) is 18.2 Å². The van der Waals surface area contributed by atoms with E-state index in [4.69, 9.17) is 15.0 Å². The van der Waals surface area contributed by atoms with Gasteiger partial charge in [0.1, 0.15) is 0 Å². The minimum absolute atomic E-state index is 0. The molecule has 0 aliphatic rings. The quantitative estimate of drug-likeness (QED) is 0.0567. The topological polar surface area (TPSA) is 53.5 Å². The Morgan fingerprint density at radius 1 is 0.290 bits per heavy atom. The summed E-state index contributed by atoms with van der Waals surface area (Å²) >= 11 is 0. The van der Waals surface area contributed by atoms with Crippen molar-refractivity contribution in [3.63, 3.8) is 0 Å². The van der Waals surface area contributed by atoms with Gasteiger partial charge in [-0.05, 0) is 138 Å². The Bertz CT molecular complexity index is 4370. The van der Waals surface area contributed by atoms with Crippen molar-refractivity contribution in [2.75, 3.05) is 0 Å². The van der Waals surface area contributed by atoms with Gasteiger partial charge in [-0.15, -0.1) is 106 Å². The molecule has 3 aromatic heterocycles. The van der Waals surface area contributed by atoms with Crippen LogP contribution in [-0.2, 0) is 58.6 Å². The van der Waals surface area contributed by atoms with Crippen molar-refractivity contribution in [3.05, 3.63) is 322 Å². The van der Waals surface area contributed by atoms with Crippen LogP contribution in [0.2, 0.25) is 0 Å². The largest absolute Gasteiger partial charge is 3.00 e. The van der Waals surface area contributed by atoms with Crippen molar-refractivity contribution < 1.29 is 20.1 Å². The predicted molar refractivity (Wildman–Crippen MR) is 413 cm³/mol. The maximum absolute atomic E-state index is 5.02. The molecule has 0 bridgehead atoms. The molecule has 6 nitrogen and oxygen atoms in total. The van der Waals surface area contributed by atoms with E-state index in [-0.39, 0.29) is 37.9 Å². The van der Waals surface area contributed by atoms with Crippen LogP contribution >= 0.6 is 0 Å². The number of hydrogen-bond donors (Lipinski definition) is 0. The molecule has 10 aromatic carbocycles. The Labute approximate surface area is 608 Å².